The van der Waals surface area contributed by atoms with E-state index in [2.05, 4.69) is 22.1 Å². The Bertz CT molecular complexity index is 291. The summed E-state index contributed by atoms with van der Waals surface area (Å²) in [5.74, 6) is 0.982. The number of hydrogen-bond donors (Lipinski definition) is 1. The molecule has 0 unspecified atom stereocenters. The van der Waals surface area contributed by atoms with Crippen LogP contribution in [0.15, 0.2) is 39.6 Å². The molecule has 68 valence electrons. The van der Waals surface area contributed by atoms with Crippen LogP contribution in [0.25, 0.3) is 0 Å². The summed E-state index contributed by atoms with van der Waals surface area (Å²) in [6.07, 6.45) is 1.70. The Morgan fingerprint density at radius 3 is 3.00 bits per heavy atom. The van der Waals surface area contributed by atoms with Gasteiger partial charge in [0.2, 0.25) is 0 Å². The Labute approximate surface area is 81.2 Å². The zero-order chi connectivity index (χ0) is 8.93. The maximum atomic E-state index is 5.19. The third-order valence-electron chi connectivity index (χ3n) is 1.79. The molecule has 2 nitrogen and oxygen atoms in total. The summed E-state index contributed by atoms with van der Waals surface area (Å²) in [5.41, 5.74) is 1.33. The minimum Gasteiger partial charge on any atom is -0.468 e. The average Bonchev–Trinajstić information content (AvgIpc) is 2.75. The summed E-state index contributed by atoms with van der Waals surface area (Å²) >= 11 is 1.72. The van der Waals surface area contributed by atoms with E-state index in [0.717, 1.165) is 18.8 Å². The zero-order valence-electron chi connectivity index (χ0n) is 7.19. The van der Waals surface area contributed by atoms with E-state index in [4.69, 9.17) is 4.42 Å². The van der Waals surface area contributed by atoms with Crippen LogP contribution >= 0.6 is 11.3 Å². The second-order valence-corrected chi connectivity index (χ2v) is 3.59. The third kappa shape index (κ3) is 2.44. The molecule has 2 rings (SSSR count). The summed E-state index contributed by atoms with van der Waals surface area (Å²) in [7, 11) is 0. The minimum absolute atomic E-state index is 0.794. The molecule has 0 atom stereocenters. The Kier molecular flexibility index (Phi) is 2.79. The first kappa shape index (κ1) is 8.53. The lowest BCUT2D eigenvalue weighted by Crippen LogP contribution is -2.11. The van der Waals surface area contributed by atoms with Gasteiger partial charge in [-0.1, -0.05) is 0 Å². The number of nitrogens with one attached hydrogen (secondary N) is 1. The molecule has 0 saturated carbocycles. The maximum Gasteiger partial charge on any atom is 0.117 e. The molecule has 2 heterocycles. The van der Waals surface area contributed by atoms with Gasteiger partial charge in [0, 0.05) is 6.54 Å². The van der Waals surface area contributed by atoms with E-state index in [1.54, 1.807) is 17.6 Å². The number of furan rings is 1. The molecule has 0 saturated heterocycles. The van der Waals surface area contributed by atoms with Gasteiger partial charge in [0.1, 0.15) is 5.76 Å². The lowest BCUT2D eigenvalue weighted by molar-refractivity contribution is 0.483. The fourth-order valence-corrected chi connectivity index (χ4v) is 1.81. The standard InChI is InChI=1S/C10H11NOS/c1-2-10(12-4-1)7-11-6-9-3-5-13-8-9/h1-5,8,11H,6-7H2. The highest BCUT2D eigenvalue weighted by molar-refractivity contribution is 7.07. The van der Waals surface area contributed by atoms with Crippen LogP contribution in [0.2, 0.25) is 0 Å². The second-order valence-electron chi connectivity index (χ2n) is 2.81. The van der Waals surface area contributed by atoms with E-state index < -0.39 is 0 Å². The van der Waals surface area contributed by atoms with Crippen molar-refractivity contribution < 1.29 is 4.42 Å². The van der Waals surface area contributed by atoms with Gasteiger partial charge in [0.25, 0.3) is 0 Å². The van der Waals surface area contributed by atoms with Crippen molar-refractivity contribution in [2.75, 3.05) is 0 Å². The molecule has 0 aliphatic heterocycles. The smallest absolute Gasteiger partial charge is 0.117 e. The fraction of sp³-hybridized carbons (Fsp3) is 0.200. The number of hydrogen-bond acceptors (Lipinski definition) is 3. The summed E-state index contributed by atoms with van der Waals surface area (Å²) in [6, 6.07) is 6.00. The summed E-state index contributed by atoms with van der Waals surface area (Å²) in [4.78, 5) is 0. The van der Waals surface area contributed by atoms with Gasteiger partial charge in [-0.05, 0) is 34.5 Å². The van der Waals surface area contributed by atoms with Crippen molar-refractivity contribution in [1.82, 2.24) is 5.32 Å². The van der Waals surface area contributed by atoms with E-state index >= 15 is 0 Å². The molecule has 0 amide bonds. The first-order chi connectivity index (χ1) is 6.45. The maximum absolute atomic E-state index is 5.19. The van der Waals surface area contributed by atoms with Crippen molar-refractivity contribution in [2.45, 2.75) is 13.1 Å². The molecule has 13 heavy (non-hydrogen) atoms. The average molecular weight is 193 g/mol. The molecule has 1 N–H and O–H groups in total. The first-order valence-corrected chi connectivity index (χ1v) is 5.13. The van der Waals surface area contributed by atoms with Crippen LogP contribution in [-0.2, 0) is 13.1 Å². The van der Waals surface area contributed by atoms with Crippen molar-refractivity contribution in [3.8, 4) is 0 Å². The van der Waals surface area contributed by atoms with E-state index in [0.29, 0.717) is 0 Å². The molecule has 0 aliphatic rings. The van der Waals surface area contributed by atoms with Crippen molar-refractivity contribution >= 4 is 11.3 Å². The van der Waals surface area contributed by atoms with Crippen LogP contribution in [0.4, 0.5) is 0 Å². The van der Waals surface area contributed by atoms with Gasteiger partial charge in [-0.15, -0.1) is 0 Å². The Balaban J connectivity index is 1.76. The topological polar surface area (TPSA) is 25.2 Å². The van der Waals surface area contributed by atoms with Crippen LogP contribution in [0, 0.1) is 0 Å². The van der Waals surface area contributed by atoms with E-state index in [9.17, 15) is 0 Å². The van der Waals surface area contributed by atoms with E-state index in [1.165, 1.54) is 5.56 Å². The van der Waals surface area contributed by atoms with Crippen molar-refractivity contribution in [3.05, 3.63) is 46.5 Å². The monoisotopic (exact) mass is 193 g/mol. The molecule has 0 fully saturated rings. The molecule has 0 spiro atoms. The van der Waals surface area contributed by atoms with Crippen LogP contribution in [-0.4, -0.2) is 0 Å². The van der Waals surface area contributed by atoms with Gasteiger partial charge >= 0.3 is 0 Å². The van der Waals surface area contributed by atoms with Crippen molar-refractivity contribution in [1.29, 1.82) is 0 Å². The predicted octanol–water partition coefficient (Wildman–Crippen LogP) is 2.63. The molecule has 0 aromatic carbocycles. The van der Waals surface area contributed by atoms with Crippen LogP contribution in [0.1, 0.15) is 11.3 Å². The highest BCUT2D eigenvalue weighted by atomic mass is 32.1. The lowest BCUT2D eigenvalue weighted by atomic mass is 10.3. The minimum atomic E-state index is 0.794. The van der Waals surface area contributed by atoms with Gasteiger partial charge in [-0.3, -0.25) is 0 Å². The van der Waals surface area contributed by atoms with Crippen molar-refractivity contribution in [2.24, 2.45) is 0 Å². The first-order valence-electron chi connectivity index (χ1n) is 4.19. The van der Waals surface area contributed by atoms with E-state index in [-0.39, 0.29) is 0 Å². The SMILES string of the molecule is c1coc(CNCc2ccsc2)c1. The summed E-state index contributed by atoms with van der Waals surface area (Å²) < 4.78 is 5.19. The molecule has 0 aliphatic carbocycles. The van der Waals surface area contributed by atoms with Crippen LogP contribution in [0.5, 0.6) is 0 Å². The lowest BCUT2D eigenvalue weighted by Gasteiger charge is -1.99. The fourth-order valence-electron chi connectivity index (χ4n) is 1.14. The molecule has 0 radical (unpaired) electrons. The third-order valence-corrected chi connectivity index (χ3v) is 2.52. The van der Waals surface area contributed by atoms with Gasteiger partial charge in [-0.2, -0.15) is 11.3 Å². The second kappa shape index (κ2) is 4.25. The Hall–Kier alpha value is -1.06. The van der Waals surface area contributed by atoms with Crippen LogP contribution < -0.4 is 5.32 Å². The molecule has 2 aromatic rings. The highest BCUT2D eigenvalue weighted by Gasteiger charge is 1.95. The highest BCUT2D eigenvalue weighted by Crippen LogP contribution is 2.05. The normalized spacial score (nSPS) is 10.5. The van der Waals surface area contributed by atoms with Gasteiger partial charge < -0.3 is 9.73 Å². The molecule has 3 heteroatoms. The van der Waals surface area contributed by atoms with E-state index in [1.807, 2.05) is 12.1 Å². The van der Waals surface area contributed by atoms with Crippen LogP contribution in [0.3, 0.4) is 0 Å². The number of rotatable bonds is 4. The molecular weight excluding hydrogens is 182 g/mol. The quantitative estimate of drug-likeness (QED) is 0.807. The van der Waals surface area contributed by atoms with Crippen molar-refractivity contribution in [3.63, 3.8) is 0 Å². The molecule has 0 bridgehead atoms. The summed E-state index contributed by atoms with van der Waals surface area (Å²) in [5, 5.41) is 7.54. The van der Waals surface area contributed by atoms with Gasteiger partial charge in [-0.25, -0.2) is 0 Å². The Morgan fingerprint density at radius 2 is 2.31 bits per heavy atom. The Morgan fingerprint density at radius 1 is 1.31 bits per heavy atom. The molecular formula is C10H11NOS. The summed E-state index contributed by atoms with van der Waals surface area (Å²) in [6.45, 7) is 1.70. The molecule has 2 aromatic heterocycles. The van der Waals surface area contributed by atoms with Gasteiger partial charge in [0.15, 0.2) is 0 Å². The zero-order valence-corrected chi connectivity index (χ0v) is 8.01. The predicted molar refractivity (Wildman–Crippen MR) is 53.6 cm³/mol. The van der Waals surface area contributed by atoms with Gasteiger partial charge in [0.05, 0.1) is 12.8 Å². The largest absolute Gasteiger partial charge is 0.468 e. The number of thiophene rings is 1.